The van der Waals surface area contributed by atoms with Gasteiger partial charge in [-0.05, 0) is 36.5 Å². The lowest BCUT2D eigenvalue weighted by Gasteiger charge is -2.32. The molecule has 1 rings (SSSR count). The normalized spacial score (nSPS) is 33.8. The summed E-state index contributed by atoms with van der Waals surface area (Å²) >= 11 is 0. The molecule has 1 aliphatic rings. The van der Waals surface area contributed by atoms with E-state index in [2.05, 4.69) is 27.7 Å². The van der Waals surface area contributed by atoms with Gasteiger partial charge in [0.05, 0.1) is 0 Å². The molecule has 0 N–H and O–H groups in total. The fourth-order valence-corrected chi connectivity index (χ4v) is 2.36. The highest BCUT2D eigenvalue weighted by Gasteiger charge is 2.24. The van der Waals surface area contributed by atoms with E-state index in [1.807, 2.05) is 0 Å². The minimum atomic E-state index is 0.878. The van der Waals surface area contributed by atoms with Gasteiger partial charge in [0.25, 0.3) is 0 Å². The zero-order valence-electron chi connectivity index (χ0n) is 9.14. The molecule has 1 aliphatic carbocycles. The van der Waals surface area contributed by atoms with E-state index in [9.17, 15) is 0 Å². The van der Waals surface area contributed by atoms with E-state index in [1.54, 1.807) is 0 Å². The molecule has 0 heteroatoms. The lowest BCUT2D eigenvalue weighted by atomic mass is 9.73. The monoisotopic (exact) mass is 168 g/mol. The molecule has 1 unspecified atom stereocenters. The van der Waals surface area contributed by atoms with Crippen molar-refractivity contribution in [2.75, 3.05) is 0 Å². The maximum atomic E-state index is 2.44. The maximum absolute atomic E-state index is 2.44. The molecule has 0 aromatic rings. The van der Waals surface area contributed by atoms with Gasteiger partial charge < -0.3 is 0 Å². The van der Waals surface area contributed by atoms with E-state index in [1.165, 1.54) is 25.7 Å². The first-order valence-corrected chi connectivity index (χ1v) is 5.61. The Balaban J connectivity index is 2.34. The summed E-state index contributed by atoms with van der Waals surface area (Å²) in [6.07, 6.45) is 5.92. The molecule has 0 aliphatic heterocycles. The summed E-state index contributed by atoms with van der Waals surface area (Å²) in [6.45, 7) is 9.56. The van der Waals surface area contributed by atoms with Crippen molar-refractivity contribution in [2.45, 2.75) is 53.4 Å². The van der Waals surface area contributed by atoms with Crippen LogP contribution in [0.15, 0.2) is 0 Å². The molecule has 1 saturated carbocycles. The smallest absolute Gasteiger partial charge is 0.0386 e. The van der Waals surface area contributed by atoms with Crippen molar-refractivity contribution in [3.63, 3.8) is 0 Å². The average molecular weight is 168 g/mol. The molecular formula is C12H24. The predicted molar refractivity (Wildman–Crippen MR) is 55.1 cm³/mol. The van der Waals surface area contributed by atoms with Crippen molar-refractivity contribution in [1.29, 1.82) is 0 Å². The third-order valence-electron chi connectivity index (χ3n) is 3.86. The molecule has 1 atom stereocenters. The van der Waals surface area contributed by atoms with Crippen LogP contribution in [-0.4, -0.2) is 0 Å². The molecule has 12 heavy (non-hydrogen) atoms. The summed E-state index contributed by atoms with van der Waals surface area (Å²) in [5, 5.41) is 0. The van der Waals surface area contributed by atoms with Crippen molar-refractivity contribution in [2.24, 2.45) is 23.7 Å². The van der Waals surface area contributed by atoms with Crippen LogP contribution in [0.25, 0.3) is 0 Å². The zero-order valence-corrected chi connectivity index (χ0v) is 9.14. The zero-order chi connectivity index (χ0) is 9.14. The van der Waals surface area contributed by atoms with Gasteiger partial charge in [-0.3, -0.25) is 0 Å². The minimum absolute atomic E-state index is 0.878. The molecule has 0 heterocycles. The Morgan fingerprint density at radius 3 is 1.83 bits per heavy atom. The summed E-state index contributed by atoms with van der Waals surface area (Å²) < 4.78 is 0. The van der Waals surface area contributed by atoms with Gasteiger partial charge >= 0.3 is 0 Å². The molecule has 0 radical (unpaired) electrons. The van der Waals surface area contributed by atoms with Crippen LogP contribution in [0.3, 0.4) is 0 Å². The SMILES string of the molecule is CC1CCC(C(C)C(C)C)CC1. The second-order valence-electron chi connectivity index (χ2n) is 5.12. The molecule has 0 amide bonds. The first kappa shape index (κ1) is 10.1. The van der Waals surface area contributed by atoms with Crippen molar-refractivity contribution in [1.82, 2.24) is 0 Å². The van der Waals surface area contributed by atoms with E-state index >= 15 is 0 Å². The number of hydrogen-bond donors (Lipinski definition) is 0. The number of hydrogen-bond acceptors (Lipinski definition) is 0. The summed E-state index contributed by atoms with van der Waals surface area (Å²) in [5.74, 6) is 3.85. The fraction of sp³-hybridized carbons (Fsp3) is 1.00. The maximum Gasteiger partial charge on any atom is -0.0386 e. The Morgan fingerprint density at radius 2 is 1.42 bits per heavy atom. The third-order valence-corrected chi connectivity index (χ3v) is 3.86. The molecule has 0 bridgehead atoms. The standard InChI is InChI=1S/C12H24/c1-9(2)11(4)12-7-5-10(3)6-8-12/h9-12H,5-8H2,1-4H3. The fourth-order valence-electron chi connectivity index (χ4n) is 2.36. The molecule has 72 valence electrons. The van der Waals surface area contributed by atoms with Gasteiger partial charge in [-0.2, -0.15) is 0 Å². The van der Waals surface area contributed by atoms with E-state index in [4.69, 9.17) is 0 Å². The molecule has 0 aromatic heterocycles. The van der Waals surface area contributed by atoms with Crippen LogP contribution < -0.4 is 0 Å². The van der Waals surface area contributed by atoms with E-state index in [0.717, 1.165) is 23.7 Å². The largest absolute Gasteiger partial charge is 0.0625 e. The van der Waals surface area contributed by atoms with Gasteiger partial charge in [-0.1, -0.05) is 40.5 Å². The van der Waals surface area contributed by atoms with Crippen molar-refractivity contribution in [3.8, 4) is 0 Å². The Hall–Kier alpha value is 0. The van der Waals surface area contributed by atoms with Crippen molar-refractivity contribution in [3.05, 3.63) is 0 Å². The predicted octanol–water partition coefficient (Wildman–Crippen LogP) is 4.10. The highest BCUT2D eigenvalue weighted by molar-refractivity contribution is 4.75. The van der Waals surface area contributed by atoms with E-state index in [-0.39, 0.29) is 0 Å². The minimum Gasteiger partial charge on any atom is -0.0625 e. The van der Waals surface area contributed by atoms with E-state index in [0.29, 0.717) is 0 Å². The molecule has 0 spiro atoms. The molecule has 0 saturated heterocycles. The highest BCUT2D eigenvalue weighted by Crippen LogP contribution is 2.35. The summed E-state index contributed by atoms with van der Waals surface area (Å²) in [7, 11) is 0. The topological polar surface area (TPSA) is 0 Å². The lowest BCUT2D eigenvalue weighted by Crippen LogP contribution is -2.22. The van der Waals surface area contributed by atoms with E-state index < -0.39 is 0 Å². The third kappa shape index (κ3) is 2.50. The molecule has 0 aromatic carbocycles. The van der Waals surface area contributed by atoms with Gasteiger partial charge in [0, 0.05) is 0 Å². The van der Waals surface area contributed by atoms with Gasteiger partial charge in [-0.15, -0.1) is 0 Å². The first-order valence-electron chi connectivity index (χ1n) is 5.61. The van der Waals surface area contributed by atoms with Crippen LogP contribution in [0.2, 0.25) is 0 Å². The van der Waals surface area contributed by atoms with Crippen molar-refractivity contribution >= 4 is 0 Å². The van der Waals surface area contributed by atoms with Gasteiger partial charge in [0.1, 0.15) is 0 Å². The van der Waals surface area contributed by atoms with Crippen LogP contribution >= 0.6 is 0 Å². The van der Waals surface area contributed by atoms with Crippen molar-refractivity contribution < 1.29 is 0 Å². The average Bonchev–Trinajstić information content (AvgIpc) is 2.04. The van der Waals surface area contributed by atoms with Crippen LogP contribution in [0.5, 0.6) is 0 Å². The second kappa shape index (κ2) is 4.30. The highest BCUT2D eigenvalue weighted by atomic mass is 14.3. The Kier molecular flexibility index (Phi) is 3.61. The first-order chi connectivity index (χ1) is 5.61. The van der Waals surface area contributed by atoms with Gasteiger partial charge in [-0.25, -0.2) is 0 Å². The van der Waals surface area contributed by atoms with Crippen LogP contribution in [-0.2, 0) is 0 Å². The molecule has 0 nitrogen and oxygen atoms in total. The summed E-state index contributed by atoms with van der Waals surface area (Å²) in [4.78, 5) is 0. The van der Waals surface area contributed by atoms with Gasteiger partial charge in [0.15, 0.2) is 0 Å². The summed E-state index contributed by atoms with van der Waals surface area (Å²) in [6, 6.07) is 0. The lowest BCUT2D eigenvalue weighted by molar-refractivity contribution is 0.186. The Morgan fingerprint density at radius 1 is 0.917 bits per heavy atom. The molecule has 1 fully saturated rings. The molecular weight excluding hydrogens is 144 g/mol. The quantitative estimate of drug-likeness (QED) is 0.582. The second-order valence-corrected chi connectivity index (χ2v) is 5.12. The summed E-state index contributed by atoms with van der Waals surface area (Å²) in [5.41, 5.74) is 0. The Labute approximate surface area is 77.7 Å². The van der Waals surface area contributed by atoms with Crippen LogP contribution in [0.4, 0.5) is 0 Å². The Bertz CT molecular complexity index is 118. The van der Waals surface area contributed by atoms with Crippen LogP contribution in [0.1, 0.15) is 53.4 Å². The number of rotatable bonds is 2. The van der Waals surface area contributed by atoms with Gasteiger partial charge in [0.2, 0.25) is 0 Å². The van der Waals surface area contributed by atoms with Crippen LogP contribution in [0, 0.1) is 23.7 Å².